The minimum atomic E-state index is 0.798. The quantitative estimate of drug-likeness (QED) is 0.645. The average molecular weight is 217 g/mol. The monoisotopic (exact) mass is 217 g/mol. The van der Waals surface area contributed by atoms with Gasteiger partial charge in [-0.2, -0.15) is 0 Å². The van der Waals surface area contributed by atoms with Crippen LogP contribution in [0, 0.1) is 12.8 Å². The summed E-state index contributed by atoms with van der Waals surface area (Å²) in [5.74, 6) is 2.15. The predicted octanol–water partition coefficient (Wildman–Crippen LogP) is 4.30. The molecule has 1 aromatic rings. The number of benzene rings is 1. The first-order valence-corrected chi connectivity index (χ1v) is 5.88. The Morgan fingerprint density at radius 3 is 2.75 bits per heavy atom. The summed E-state index contributed by atoms with van der Waals surface area (Å²) in [5, 5.41) is 0. The Balaban J connectivity index is 2.77. The third kappa shape index (κ3) is 3.73. The molecule has 0 saturated carbocycles. The van der Waals surface area contributed by atoms with Gasteiger partial charge < -0.3 is 4.74 Å². The summed E-state index contributed by atoms with van der Waals surface area (Å²) in [5.41, 5.74) is 2.42. The number of allylic oxidation sites excluding steroid dienone is 1. The molecule has 1 heteroatoms. The molecule has 0 amide bonds. The van der Waals surface area contributed by atoms with E-state index < -0.39 is 0 Å². The van der Waals surface area contributed by atoms with Gasteiger partial charge >= 0.3 is 0 Å². The van der Waals surface area contributed by atoms with E-state index >= 15 is 0 Å². The Morgan fingerprint density at radius 1 is 1.38 bits per heavy atom. The second kappa shape index (κ2) is 6.37. The zero-order valence-electron chi connectivity index (χ0n) is 10.5. The summed E-state index contributed by atoms with van der Waals surface area (Å²) in [6.45, 7) is 10.9. The molecule has 87 valence electrons. The van der Waals surface area contributed by atoms with E-state index in [-0.39, 0.29) is 0 Å². The highest BCUT2D eigenvalue weighted by molar-refractivity contribution is 5.43. The van der Waals surface area contributed by atoms with Crippen molar-refractivity contribution in [2.45, 2.75) is 33.6 Å². The molecule has 0 saturated heterocycles. The van der Waals surface area contributed by atoms with Crippen LogP contribution in [0.15, 0.2) is 30.9 Å². The second-order valence-electron chi connectivity index (χ2n) is 4.12. The summed E-state index contributed by atoms with van der Waals surface area (Å²) < 4.78 is 5.71. The molecule has 16 heavy (non-hydrogen) atoms. The van der Waals surface area contributed by atoms with Crippen LogP contribution in [0.3, 0.4) is 0 Å². The van der Waals surface area contributed by atoms with Crippen LogP contribution in [0.1, 0.15) is 37.8 Å². The summed E-state index contributed by atoms with van der Waals surface area (Å²) >= 11 is 0. The van der Waals surface area contributed by atoms with Gasteiger partial charge in [-0.3, -0.25) is 0 Å². The molecule has 0 aliphatic carbocycles. The van der Waals surface area contributed by atoms with Crippen molar-refractivity contribution in [2.75, 3.05) is 6.61 Å². The molecule has 0 aliphatic rings. The largest absolute Gasteiger partial charge is 0.494 e. The number of rotatable bonds is 6. The van der Waals surface area contributed by atoms with E-state index in [1.165, 1.54) is 17.0 Å². The van der Waals surface area contributed by atoms with Crippen molar-refractivity contribution in [3.63, 3.8) is 0 Å². The molecule has 0 aromatic heterocycles. The number of ether oxygens (including phenoxy) is 1. The van der Waals surface area contributed by atoms with E-state index in [4.69, 9.17) is 4.74 Å². The first-order chi connectivity index (χ1) is 7.67. The van der Waals surface area contributed by atoms with Crippen LogP contribution in [0.2, 0.25) is 0 Å². The first kappa shape index (κ1) is 12.8. The number of hydrogen-bond donors (Lipinski definition) is 0. The topological polar surface area (TPSA) is 9.23 Å². The third-order valence-corrected chi connectivity index (χ3v) is 2.58. The van der Waals surface area contributed by atoms with Crippen LogP contribution in [0.25, 0.3) is 0 Å². The van der Waals surface area contributed by atoms with Crippen LogP contribution in [-0.4, -0.2) is 6.61 Å². The van der Waals surface area contributed by atoms with Gasteiger partial charge in [0.25, 0.3) is 0 Å². The van der Waals surface area contributed by atoms with Crippen LogP contribution in [0.4, 0.5) is 0 Å². The van der Waals surface area contributed by atoms with Gasteiger partial charge in [-0.05, 0) is 36.6 Å². The van der Waals surface area contributed by atoms with Crippen molar-refractivity contribution in [3.8, 4) is 5.75 Å². The molecule has 0 spiro atoms. The molecule has 0 unspecified atom stereocenters. The number of hydrogen-bond acceptors (Lipinski definition) is 1. The fourth-order valence-corrected chi connectivity index (χ4v) is 1.51. The van der Waals surface area contributed by atoms with Crippen LogP contribution in [0.5, 0.6) is 5.75 Å². The van der Waals surface area contributed by atoms with E-state index in [0.717, 1.165) is 25.2 Å². The fraction of sp³-hybridized carbons (Fsp3) is 0.400. The van der Waals surface area contributed by atoms with Crippen LogP contribution >= 0.6 is 0 Å². The Hall–Kier alpha value is -1.24. The molecule has 1 nitrogen and oxygen atoms in total. The highest BCUT2D eigenvalue weighted by Gasteiger charge is 2.05. The van der Waals surface area contributed by atoms with Crippen molar-refractivity contribution in [3.05, 3.63) is 47.9 Å². The van der Waals surface area contributed by atoms with Gasteiger partial charge in [-0.1, -0.05) is 32.4 Å². The first-order valence-electron chi connectivity index (χ1n) is 5.88. The van der Waals surface area contributed by atoms with E-state index in [1.807, 2.05) is 6.08 Å². The molecule has 0 fully saturated rings. The Bertz CT molecular complexity index is 341. The zero-order valence-corrected chi connectivity index (χ0v) is 10.5. The minimum Gasteiger partial charge on any atom is -0.494 e. The summed E-state index contributed by atoms with van der Waals surface area (Å²) in [6, 6.07) is 6.32. The molecular weight excluding hydrogens is 196 g/mol. The van der Waals surface area contributed by atoms with Gasteiger partial charge in [-0.15, -0.1) is 6.58 Å². The summed E-state index contributed by atoms with van der Waals surface area (Å²) in [7, 11) is 0. The van der Waals surface area contributed by atoms with Crippen molar-refractivity contribution in [1.82, 2.24) is 0 Å². The molecule has 0 heterocycles. The molecule has 0 N–H and O–H groups in total. The normalized spacial score (nSPS) is 10.5. The van der Waals surface area contributed by atoms with E-state index in [2.05, 4.69) is 45.5 Å². The number of aryl methyl sites for hydroxylation is 1. The van der Waals surface area contributed by atoms with Gasteiger partial charge in [0.05, 0.1) is 6.61 Å². The Morgan fingerprint density at radius 2 is 2.12 bits per heavy atom. The SMILES string of the molecule is C=C[C](C)c1cc(C)cc(OCCCC)c1. The van der Waals surface area contributed by atoms with Crippen LogP contribution < -0.4 is 4.74 Å². The molecule has 1 rings (SSSR count). The lowest BCUT2D eigenvalue weighted by Crippen LogP contribution is -1.99. The van der Waals surface area contributed by atoms with Crippen molar-refractivity contribution < 1.29 is 4.74 Å². The van der Waals surface area contributed by atoms with Crippen molar-refractivity contribution in [2.24, 2.45) is 0 Å². The molecule has 1 radical (unpaired) electrons. The van der Waals surface area contributed by atoms with Gasteiger partial charge in [-0.25, -0.2) is 0 Å². The summed E-state index contributed by atoms with van der Waals surface area (Å²) in [4.78, 5) is 0. The van der Waals surface area contributed by atoms with E-state index in [9.17, 15) is 0 Å². The Labute approximate surface area is 99.1 Å². The molecule has 0 aliphatic heterocycles. The third-order valence-electron chi connectivity index (χ3n) is 2.58. The lowest BCUT2D eigenvalue weighted by atomic mass is 9.99. The Kier molecular flexibility index (Phi) is 5.10. The molecule has 0 bridgehead atoms. The maximum atomic E-state index is 5.71. The van der Waals surface area contributed by atoms with Gasteiger partial charge in [0.1, 0.15) is 5.75 Å². The van der Waals surface area contributed by atoms with Crippen molar-refractivity contribution in [1.29, 1.82) is 0 Å². The van der Waals surface area contributed by atoms with Crippen molar-refractivity contribution >= 4 is 0 Å². The van der Waals surface area contributed by atoms with E-state index in [0.29, 0.717) is 0 Å². The summed E-state index contributed by atoms with van der Waals surface area (Å²) in [6.07, 6.45) is 4.15. The zero-order chi connectivity index (χ0) is 12.0. The smallest absolute Gasteiger partial charge is 0.119 e. The second-order valence-corrected chi connectivity index (χ2v) is 4.12. The maximum Gasteiger partial charge on any atom is 0.119 e. The molecule has 1 aromatic carbocycles. The lowest BCUT2D eigenvalue weighted by molar-refractivity contribution is 0.309. The van der Waals surface area contributed by atoms with Gasteiger partial charge in [0.2, 0.25) is 0 Å². The predicted molar refractivity (Wildman–Crippen MR) is 69.8 cm³/mol. The molecule has 0 atom stereocenters. The average Bonchev–Trinajstić information content (AvgIpc) is 2.27. The van der Waals surface area contributed by atoms with Crippen LogP contribution in [-0.2, 0) is 0 Å². The van der Waals surface area contributed by atoms with E-state index in [1.54, 1.807) is 0 Å². The highest BCUT2D eigenvalue weighted by Crippen LogP contribution is 2.23. The minimum absolute atomic E-state index is 0.798. The fourth-order valence-electron chi connectivity index (χ4n) is 1.51. The lowest BCUT2D eigenvalue weighted by Gasteiger charge is -2.11. The standard InChI is InChI=1S/C15H21O/c1-5-7-8-16-15-10-12(3)9-14(11-15)13(4)6-2/h6,9-11H,2,5,7-8H2,1,3-4H3. The maximum absolute atomic E-state index is 5.71. The highest BCUT2D eigenvalue weighted by atomic mass is 16.5. The van der Waals surface area contributed by atoms with Gasteiger partial charge in [0.15, 0.2) is 0 Å². The molecular formula is C15H21O. The van der Waals surface area contributed by atoms with Gasteiger partial charge in [0, 0.05) is 5.92 Å². The number of unbranched alkanes of at least 4 members (excludes halogenated alkanes) is 1.